The van der Waals surface area contributed by atoms with Gasteiger partial charge in [-0.05, 0) is 18.8 Å². The molecule has 1 aliphatic carbocycles. The predicted octanol–water partition coefficient (Wildman–Crippen LogP) is -0.100. The predicted molar refractivity (Wildman–Crippen MR) is 40.1 cm³/mol. The van der Waals surface area contributed by atoms with Gasteiger partial charge in [-0.2, -0.15) is 0 Å². The summed E-state index contributed by atoms with van der Waals surface area (Å²) in [6.45, 7) is 0. The zero-order chi connectivity index (χ0) is 7.72. The van der Waals surface area contributed by atoms with Crippen LogP contribution in [0.15, 0.2) is 0 Å². The zero-order valence-electron chi connectivity index (χ0n) is 5.54. The van der Waals surface area contributed by atoms with E-state index in [1.165, 1.54) is 0 Å². The number of hydrogen-bond donors (Lipinski definition) is 1. The van der Waals surface area contributed by atoms with Gasteiger partial charge in [-0.25, -0.2) is 0 Å². The van der Waals surface area contributed by atoms with E-state index >= 15 is 0 Å². The summed E-state index contributed by atoms with van der Waals surface area (Å²) in [7, 11) is 2.01. The molecule has 10 heavy (non-hydrogen) atoms. The lowest BCUT2D eigenvalue weighted by Crippen LogP contribution is -2.29. The van der Waals surface area contributed by atoms with Crippen LogP contribution < -0.4 is 5.73 Å². The molecule has 1 aliphatic rings. The number of hydrogen-bond acceptors (Lipinski definition) is 2. The highest BCUT2D eigenvalue weighted by Crippen LogP contribution is 2.37. The van der Waals surface area contributed by atoms with Gasteiger partial charge >= 0.3 is 0 Å². The maximum absolute atomic E-state index is 10.7. The molecule has 0 aromatic carbocycles. The molecule has 56 valence electrons. The van der Waals surface area contributed by atoms with Gasteiger partial charge < -0.3 is 5.73 Å². The minimum Gasteiger partial charge on any atom is -0.369 e. The summed E-state index contributed by atoms with van der Waals surface area (Å²) in [4.78, 5) is 21.3. The van der Waals surface area contributed by atoms with Crippen molar-refractivity contribution in [2.45, 2.75) is 12.8 Å². The van der Waals surface area contributed by atoms with Gasteiger partial charge in [-0.1, -0.05) is 9.24 Å². The highest BCUT2D eigenvalue weighted by atomic mass is 31.0. The first-order chi connectivity index (χ1) is 4.63. The molecule has 1 saturated carbocycles. The Balaban J connectivity index is 2.58. The standard InChI is InChI=1S/C6H10NO2P/c7-5(8)4(6(9)10)3-1-2-3/h3-4H,1-2,10H2,(H2,7,8). The van der Waals surface area contributed by atoms with Crippen LogP contribution in [-0.2, 0) is 9.59 Å². The summed E-state index contributed by atoms with van der Waals surface area (Å²) < 4.78 is 0. The van der Waals surface area contributed by atoms with Crippen LogP contribution in [-0.4, -0.2) is 11.4 Å². The van der Waals surface area contributed by atoms with Crippen molar-refractivity contribution in [3.63, 3.8) is 0 Å². The maximum atomic E-state index is 10.7. The molecular weight excluding hydrogens is 149 g/mol. The second-order valence-corrected chi connectivity index (χ2v) is 3.19. The number of carbonyl (C=O) groups is 2. The first-order valence-electron chi connectivity index (χ1n) is 3.21. The molecule has 2 atom stereocenters. The minimum atomic E-state index is -0.537. The molecule has 2 N–H and O–H groups in total. The number of primary amides is 1. The van der Waals surface area contributed by atoms with Gasteiger partial charge in [-0.3, -0.25) is 9.59 Å². The molecule has 1 rings (SSSR count). The Labute approximate surface area is 61.6 Å². The van der Waals surface area contributed by atoms with Crippen molar-refractivity contribution >= 4 is 20.7 Å². The van der Waals surface area contributed by atoms with Crippen LogP contribution in [0.4, 0.5) is 0 Å². The fourth-order valence-corrected chi connectivity index (χ4v) is 1.47. The Morgan fingerprint density at radius 1 is 1.50 bits per heavy atom. The minimum absolute atomic E-state index is 0.171. The van der Waals surface area contributed by atoms with Gasteiger partial charge in [-0.15, -0.1) is 0 Å². The number of nitrogens with two attached hydrogens (primary N) is 1. The van der Waals surface area contributed by atoms with Crippen LogP contribution in [0, 0.1) is 11.8 Å². The van der Waals surface area contributed by atoms with E-state index in [0.29, 0.717) is 0 Å². The van der Waals surface area contributed by atoms with Crippen LogP contribution in [0.5, 0.6) is 0 Å². The largest absolute Gasteiger partial charge is 0.369 e. The molecule has 0 aromatic heterocycles. The van der Waals surface area contributed by atoms with Gasteiger partial charge in [0.05, 0.1) is 0 Å². The van der Waals surface area contributed by atoms with E-state index < -0.39 is 11.8 Å². The molecule has 4 heteroatoms. The molecule has 3 nitrogen and oxygen atoms in total. The van der Waals surface area contributed by atoms with Crippen molar-refractivity contribution in [3.8, 4) is 0 Å². The van der Waals surface area contributed by atoms with Crippen LogP contribution in [0.1, 0.15) is 12.8 Å². The summed E-state index contributed by atoms with van der Waals surface area (Å²) in [5.74, 6) is -0.782. The Morgan fingerprint density at radius 2 is 2.00 bits per heavy atom. The fourth-order valence-electron chi connectivity index (χ4n) is 1.03. The summed E-state index contributed by atoms with van der Waals surface area (Å²) in [5.41, 5.74) is 4.83. The molecule has 0 radical (unpaired) electrons. The first kappa shape index (κ1) is 7.67. The van der Waals surface area contributed by atoms with E-state index in [0.717, 1.165) is 12.8 Å². The van der Waals surface area contributed by atoms with Crippen molar-refractivity contribution in [2.24, 2.45) is 17.6 Å². The molecule has 0 heterocycles. The van der Waals surface area contributed by atoms with E-state index in [-0.39, 0.29) is 11.4 Å². The highest BCUT2D eigenvalue weighted by molar-refractivity contribution is 7.40. The highest BCUT2D eigenvalue weighted by Gasteiger charge is 2.37. The quantitative estimate of drug-likeness (QED) is 0.461. The van der Waals surface area contributed by atoms with Gasteiger partial charge in [0.1, 0.15) is 5.92 Å². The van der Waals surface area contributed by atoms with E-state index in [4.69, 9.17) is 5.73 Å². The Bertz CT molecular complexity index is 163. The number of amides is 1. The van der Waals surface area contributed by atoms with E-state index in [1.54, 1.807) is 0 Å². The maximum Gasteiger partial charge on any atom is 0.228 e. The van der Waals surface area contributed by atoms with E-state index in [2.05, 4.69) is 0 Å². The average Bonchev–Trinajstić information content (AvgIpc) is 2.46. The zero-order valence-corrected chi connectivity index (χ0v) is 6.69. The lowest BCUT2D eigenvalue weighted by molar-refractivity contribution is -0.128. The lowest BCUT2D eigenvalue weighted by atomic mass is 10.1. The third kappa shape index (κ3) is 1.54. The van der Waals surface area contributed by atoms with Gasteiger partial charge in [0, 0.05) is 0 Å². The SMILES string of the molecule is NC(=O)C(C(=O)P)C1CC1. The molecule has 0 aromatic rings. The third-order valence-electron chi connectivity index (χ3n) is 1.71. The molecule has 1 fully saturated rings. The molecule has 0 saturated heterocycles. The second-order valence-electron chi connectivity index (χ2n) is 2.62. The Hall–Kier alpha value is -0.430. The molecule has 0 aliphatic heterocycles. The first-order valence-corrected chi connectivity index (χ1v) is 3.79. The summed E-state index contributed by atoms with van der Waals surface area (Å²) >= 11 is 0. The van der Waals surface area contributed by atoms with Crippen molar-refractivity contribution in [2.75, 3.05) is 0 Å². The van der Waals surface area contributed by atoms with Gasteiger partial charge in [0.15, 0.2) is 5.52 Å². The molecule has 0 bridgehead atoms. The van der Waals surface area contributed by atoms with Crippen molar-refractivity contribution in [1.29, 1.82) is 0 Å². The van der Waals surface area contributed by atoms with Gasteiger partial charge in [0.25, 0.3) is 0 Å². The Kier molecular flexibility index (Phi) is 2.05. The second kappa shape index (κ2) is 2.67. The van der Waals surface area contributed by atoms with Crippen molar-refractivity contribution in [1.82, 2.24) is 0 Å². The summed E-state index contributed by atoms with van der Waals surface area (Å²) in [5, 5.41) is 0. The monoisotopic (exact) mass is 159 g/mol. The number of rotatable bonds is 3. The lowest BCUT2D eigenvalue weighted by Gasteiger charge is -2.05. The molecule has 2 unspecified atom stereocenters. The molecular formula is C6H10NO2P. The third-order valence-corrected chi connectivity index (χ3v) is 2.07. The van der Waals surface area contributed by atoms with E-state index in [1.807, 2.05) is 9.24 Å². The van der Waals surface area contributed by atoms with Crippen molar-refractivity contribution in [3.05, 3.63) is 0 Å². The molecule has 0 spiro atoms. The van der Waals surface area contributed by atoms with Crippen LogP contribution in [0.25, 0.3) is 0 Å². The van der Waals surface area contributed by atoms with E-state index in [9.17, 15) is 9.59 Å². The fraction of sp³-hybridized carbons (Fsp3) is 0.667. The topological polar surface area (TPSA) is 60.2 Å². The summed E-state index contributed by atoms with van der Waals surface area (Å²) in [6, 6.07) is 0. The number of carbonyl (C=O) groups excluding carboxylic acids is 2. The van der Waals surface area contributed by atoms with Crippen LogP contribution in [0.3, 0.4) is 0 Å². The average molecular weight is 159 g/mol. The Morgan fingerprint density at radius 3 is 2.10 bits per heavy atom. The summed E-state index contributed by atoms with van der Waals surface area (Å²) in [6.07, 6.45) is 1.93. The van der Waals surface area contributed by atoms with Crippen molar-refractivity contribution < 1.29 is 9.59 Å². The van der Waals surface area contributed by atoms with Crippen LogP contribution in [0.2, 0.25) is 0 Å². The van der Waals surface area contributed by atoms with Crippen LogP contribution >= 0.6 is 9.24 Å². The molecule has 1 amide bonds. The smallest absolute Gasteiger partial charge is 0.228 e. The normalized spacial score (nSPS) is 20.1. The van der Waals surface area contributed by atoms with Gasteiger partial charge in [0.2, 0.25) is 5.91 Å².